The second kappa shape index (κ2) is 27.2. The van der Waals surface area contributed by atoms with E-state index in [1.807, 2.05) is 0 Å². The van der Waals surface area contributed by atoms with Crippen molar-refractivity contribution in [1.29, 1.82) is 0 Å². The molecule has 0 fully saturated rings. The van der Waals surface area contributed by atoms with Gasteiger partial charge in [-0.3, -0.25) is 0 Å². The standard InChI is InChI=1S/Au.Cu.Ni.Ti.W. The second-order valence-corrected chi connectivity index (χ2v) is 0. The smallest absolute Gasteiger partial charge is 0 e. The maximum Gasteiger partial charge on any atom is 0 e. The van der Waals surface area contributed by atoms with Gasteiger partial charge in [0, 0.05) is 98.7 Å². The molecule has 0 heterocycles. The molecule has 0 saturated carbocycles. The van der Waals surface area contributed by atoms with Crippen LogP contribution in [0.1, 0.15) is 0 Å². The monoisotopic (exact) mass is 550 g/mol. The average Bonchev–Trinajstić information content (AvgIpc) is 0. The van der Waals surface area contributed by atoms with E-state index >= 15 is 0 Å². The van der Waals surface area contributed by atoms with Gasteiger partial charge < -0.3 is 0 Å². The molecule has 0 saturated heterocycles. The molecule has 5 heavy (non-hydrogen) atoms. The fourth-order valence-corrected chi connectivity index (χ4v) is 0. The minimum absolute atomic E-state index is 0. The number of hydrogen-bond acceptors (Lipinski definition) is 0. The Hall–Kier alpha value is 3.16. The minimum atomic E-state index is 0. The first-order valence-corrected chi connectivity index (χ1v) is 0. The Bertz CT molecular complexity index is 11.6. The molecule has 5 heteroatoms. The zero-order valence-electron chi connectivity index (χ0n) is 1.83. The Balaban J connectivity index is 0. The van der Waals surface area contributed by atoms with Crippen molar-refractivity contribution >= 4 is 0 Å². The Labute approximate surface area is 97.0 Å². The van der Waals surface area contributed by atoms with Crippen LogP contribution in [-0.2, 0) is 98.7 Å². The van der Waals surface area contributed by atoms with Gasteiger partial charge in [0.25, 0.3) is 0 Å². The number of rotatable bonds is 0. The molecule has 0 aliphatic carbocycles. The zero-order chi connectivity index (χ0) is 0. The van der Waals surface area contributed by atoms with Crippen molar-refractivity contribution in [1.82, 2.24) is 0 Å². The molecule has 0 aromatic rings. The van der Waals surface area contributed by atoms with Crippen LogP contribution < -0.4 is 0 Å². The van der Waals surface area contributed by atoms with Crippen LogP contribution in [0.3, 0.4) is 0 Å². The molecule has 0 amide bonds. The van der Waals surface area contributed by atoms with Gasteiger partial charge >= 0.3 is 0 Å². The molecule has 0 spiro atoms. The molecule has 0 atom stereocenters. The van der Waals surface area contributed by atoms with Crippen LogP contribution in [0.25, 0.3) is 0 Å². The van der Waals surface area contributed by atoms with Gasteiger partial charge in [0.2, 0.25) is 0 Å². The maximum absolute atomic E-state index is 0. The molecule has 0 N–H and O–H groups in total. The third kappa shape index (κ3) is 19.1. The van der Waals surface area contributed by atoms with Crippen LogP contribution >= 0.6 is 0 Å². The van der Waals surface area contributed by atoms with E-state index in [1.54, 1.807) is 0 Å². The van der Waals surface area contributed by atoms with Gasteiger partial charge in [0.1, 0.15) is 0 Å². The maximum atomic E-state index is 0. The Morgan fingerprint density at radius 3 is 1.00 bits per heavy atom. The molecule has 0 rings (SSSR count). The van der Waals surface area contributed by atoms with Crippen LogP contribution in [0.5, 0.6) is 0 Å². The van der Waals surface area contributed by atoms with Crippen LogP contribution in [0.4, 0.5) is 0 Å². The van der Waals surface area contributed by atoms with Gasteiger partial charge in [0.15, 0.2) is 0 Å². The van der Waals surface area contributed by atoms with Gasteiger partial charge in [0.05, 0.1) is 0 Å². The first kappa shape index (κ1) is 41.9. The first-order valence-electron chi connectivity index (χ1n) is 0. The van der Waals surface area contributed by atoms with E-state index in [0.717, 1.165) is 0 Å². The summed E-state index contributed by atoms with van der Waals surface area (Å²) < 4.78 is 0. The Morgan fingerprint density at radius 1 is 1.00 bits per heavy atom. The minimum Gasteiger partial charge on any atom is 0 e. The molecule has 0 bridgehead atoms. The van der Waals surface area contributed by atoms with E-state index in [-0.39, 0.29) is 98.7 Å². The Kier molecular flexibility index (Phi) is 228. The summed E-state index contributed by atoms with van der Waals surface area (Å²) in [7, 11) is 0. The molecule has 0 aromatic carbocycles. The SMILES string of the molecule is [Au].[Cu].[Ni].[Ti].[W]. The molecule has 0 aliphatic heterocycles. The van der Waals surface area contributed by atoms with E-state index in [2.05, 4.69) is 0 Å². The largest absolute Gasteiger partial charge is 0 e. The van der Waals surface area contributed by atoms with Gasteiger partial charge in [-0.15, -0.1) is 0 Å². The molecule has 42 valence electrons. The second-order valence-electron chi connectivity index (χ2n) is 0. The summed E-state index contributed by atoms with van der Waals surface area (Å²) in [6.45, 7) is 0. The van der Waals surface area contributed by atoms with E-state index < -0.39 is 0 Å². The average molecular weight is 551 g/mol. The van der Waals surface area contributed by atoms with Crippen LogP contribution in [0.2, 0.25) is 0 Å². The fraction of sp³-hybridized carbons (Fsp3) is 0. The molecular formula is AuCuNiTiW. The van der Waals surface area contributed by atoms with Crippen molar-refractivity contribution in [3.8, 4) is 0 Å². The summed E-state index contributed by atoms with van der Waals surface area (Å²) in [5, 5.41) is 0. The van der Waals surface area contributed by atoms with Crippen molar-refractivity contribution in [3.63, 3.8) is 0 Å². The van der Waals surface area contributed by atoms with Crippen molar-refractivity contribution in [3.05, 3.63) is 0 Å². The molecular weight excluding hydrogens is 551 g/mol. The van der Waals surface area contributed by atoms with E-state index in [0.29, 0.717) is 0 Å². The van der Waals surface area contributed by atoms with Crippen LogP contribution in [-0.4, -0.2) is 0 Å². The van der Waals surface area contributed by atoms with Gasteiger partial charge in [-0.25, -0.2) is 0 Å². The molecule has 0 aliphatic rings. The quantitative estimate of drug-likeness (QED) is 0.372. The van der Waals surface area contributed by atoms with E-state index in [9.17, 15) is 0 Å². The first-order chi connectivity index (χ1) is 0. The summed E-state index contributed by atoms with van der Waals surface area (Å²) in [5.74, 6) is 0. The van der Waals surface area contributed by atoms with Gasteiger partial charge in [-0.2, -0.15) is 0 Å². The summed E-state index contributed by atoms with van der Waals surface area (Å²) in [5.41, 5.74) is 0. The summed E-state index contributed by atoms with van der Waals surface area (Å²) in [6.07, 6.45) is 0. The molecule has 0 nitrogen and oxygen atoms in total. The van der Waals surface area contributed by atoms with Crippen LogP contribution in [0.15, 0.2) is 0 Å². The van der Waals surface area contributed by atoms with Crippen molar-refractivity contribution in [2.75, 3.05) is 0 Å². The van der Waals surface area contributed by atoms with E-state index in [4.69, 9.17) is 0 Å². The fourth-order valence-electron chi connectivity index (χ4n) is 0. The molecule has 0 unspecified atom stereocenters. The third-order valence-corrected chi connectivity index (χ3v) is 0. The summed E-state index contributed by atoms with van der Waals surface area (Å²) >= 11 is 0. The van der Waals surface area contributed by atoms with Crippen molar-refractivity contribution in [2.45, 2.75) is 0 Å². The van der Waals surface area contributed by atoms with Gasteiger partial charge in [-0.1, -0.05) is 0 Å². The topological polar surface area (TPSA) is 0 Å². The van der Waals surface area contributed by atoms with Crippen molar-refractivity contribution < 1.29 is 98.7 Å². The van der Waals surface area contributed by atoms with E-state index in [1.165, 1.54) is 0 Å². The normalized spacial score (nSPS) is 0. The van der Waals surface area contributed by atoms with Gasteiger partial charge in [-0.05, 0) is 0 Å². The number of hydrogen-bond donors (Lipinski definition) is 0. The predicted molar refractivity (Wildman–Crippen MR) is 0 cm³/mol. The summed E-state index contributed by atoms with van der Waals surface area (Å²) in [6, 6.07) is 0. The Morgan fingerprint density at radius 2 is 1.00 bits per heavy atom. The van der Waals surface area contributed by atoms with Crippen molar-refractivity contribution in [2.24, 2.45) is 0 Å². The molecule has 0 aromatic heterocycles. The van der Waals surface area contributed by atoms with Crippen LogP contribution in [0, 0.1) is 0 Å². The zero-order valence-corrected chi connectivity index (χ0v) is 10.4. The predicted octanol–water partition coefficient (Wildman–Crippen LogP) is -0.0125. The summed E-state index contributed by atoms with van der Waals surface area (Å²) in [4.78, 5) is 0. The third-order valence-electron chi connectivity index (χ3n) is 0. The molecule has 2 radical (unpaired) electrons.